The SMILES string of the molecule is O=C(O)c1ccc2nc(-c3c(F)cccc3C(F)(F)F)[nH]c2c1. The molecule has 0 spiro atoms. The zero-order valence-corrected chi connectivity index (χ0v) is 11.3. The Kier molecular flexibility index (Phi) is 3.32. The van der Waals surface area contributed by atoms with Gasteiger partial charge >= 0.3 is 12.1 Å². The molecule has 0 fully saturated rings. The lowest BCUT2D eigenvalue weighted by Crippen LogP contribution is -2.08. The largest absolute Gasteiger partial charge is 0.478 e. The molecule has 1 aromatic heterocycles. The number of benzene rings is 2. The first kappa shape index (κ1) is 15.0. The molecule has 0 saturated carbocycles. The number of nitrogens with zero attached hydrogens (tertiary/aromatic N) is 1. The smallest absolute Gasteiger partial charge is 0.417 e. The van der Waals surface area contributed by atoms with E-state index >= 15 is 0 Å². The minimum atomic E-state index is -4.75. The van der Waals surface area contributed by atoms with Crippen LogP contribution in [0.5, 0.6) is 0 Å². The molecule has 23 heavy (non-hydrogen) atoms. The summed E-state index contributed by atoms with van der Waals surface area (Å²) in [7, 11) is 0. The molecular weight excluding hydrogens is 316 g/mol. The number of fused-ring (bicyclic) bond motifs is 1. The summed E-state index contributed by atoms with van der Waals surface area (Å²) in [6.07, 6.45) is -4.75. The van der Waals surface area contributed by atoms with Gasteiger partial charge in [-0.2, -0.15) is 13.2 Å². The number of halogens is 4. The maximum Gasteiger partial charge on any atom is 0.417 e. The lowest BCUT2D eigenvalue weighted by atomic mass is 10.1. The Hall–Kier alpha value is -2.90. The van der Waals surface area contributed by atoms with Crippen molar-refractivity contribution in [3.63, 3.8) is 0 Å². The molecule has 0 atom stereocenters. The number of carboxylic acids is 1. The summed E-state index contributed by atoms with van der Waals surface area (Å²) in [4.78, 5) is 17.4. The highest BCUT2D eigenvalue weighted by Gasteiger charge is 2.35. The monoisotopic (exact) mass is 324 g/mol. The molecule has 1 heterocycles. The Bertz CT molecular complexity index is 915. The van der Waals surface area contributed by atoms with Crippen LogP contribution in [0.3, 0.4) is 0 Å². The topological polar surface area (TPSA) is 66.0 Å². The van der Waals surface area contributed by atoms with Crippen molar-refractivity contribution < 1.29 is 27.5 Å². The average Bonchev–Trinajstić information content (AvgIpc) is 2.88. The Balaban J connectivity index is 2.23. The molecule has 0 aliphatic heterocycles. The molecule has 0 amide bonds. The fourth-order valence-corrected chi connectivity index (χ4v) is 2.26. The van der Waals surface area contributed by atoms with Gasteiger partial charge in [-0.15, -0.1) is 0 Å². The van der Waals surface area contributed by atoms with Gasteiger partial charge in [-0.05, 0) is 30.3 Å². The van der Waals surface area contributed by atoms with Crippen LogP contribution in [-0.4, -0.2) is 21.0 Å². The number of hydrogen-bond donors (Lipinski definition) is 2. The van der Waals surface area contributed by atoms with E-state index in [9.17, 15) is 22.4 Å². The van der Waals surface area contributed by atoms with Crippen molar-refractivity contribution in [1.29, 1.82) is 0 Å². The van der Waals surface area contributed by atoms with E-state index in [2.05, 4.69) is 9.97 Å². The lowest BCUT2D eigenvalue weighted by Gasteiger charge is -2.11. The highest BCUT2D eigenvalue weighted by molar-refractivity contribution is 5.93. The summed E-state index contributed by atoms with van der Waals surface area (Å²) in [6.45, 7) is 0. The van der Waals surface area contributed by atoms with Crippen molar-refractivity contribution in [2.45, 2.75) is 6.18 Å². The van der Waals surface area contributed by atoms with E-state index < -0.39 is 29.1 Å². The second-order valence-electron chi connectivity index (χ2n) is 4.78. The molecule has 0 bridgehead atoms. The number of imidazole rings is 1. The highest BCUT2D eigenvalue weighted by Crippen LogP contribution is 2.38. The maximum atomic E-state index is 13.9. The van der Waals surface area contributed by atoms with Gasteiger partial charge in [0.05, 0.1) is 27.7 Å². The number of aromatic nitrogens is 2. The van der Waals surface area contributed by atoms with Crippen LogP contribution >= 0.6 is 0 Å². The molecule has 3 aromatic rings. The molecule has 3 rings (SSSR count). The van der Waals surface area contributed by atoms with E-state index in [0.29, 0.717) is 0 Å². The molecule has 0 aliphatic carbocycles. The molecule has 0 radical (unpaired) electrons. The van der Waals surface area contributed by atoms with Crippen molar-refractivity contribution in [3.8, 4) is 11.4 Å². The maximum absolute atomic E-state index is 13.9. The molecule has 2 aromatic carbocycles. The number of carbonyl (C=O) groups is 1. The third-order valence-corrected chi connectivity index (χ3v) is 3.28. The standard InChI is InChI=1S/C15H8F4N2O2/c16-9-3-1-2-8(15(17,18)19)12(9)13-20-10-5-4-7(14(22)23)6-11(10)21-13/h1-6H,(H,20,21)(H,22,23). The molecule has 2 N–H and O–H groups in total. The lowest BCUT2D eigenvalue weighted by molar-refractivity contribution is -0.137. The van der Waals surface area contributed by atoms with Crippen molar-refractivity contribution in [3.05, 3.63) is 53.3 Å². The highest BCUT2D eigenvalue weighted by atomic mass is 19.4. The molecular formula is C15H8F4N2O2. The van der Waals surface area contributed by atoms with Crippen molar-refractivity contribution >= 4 is 17.0 Å². The van der Waals surface area contributed by atoms with Crippen LogP contribution in [0.2, 0.25) is 0 Å². The molecule has 8 heteroatoms. The Labute approximate surface area is 126 Å². The van der Waals surface area contributed by atoms with Crippen molar-refractivity contribution in [1.82, 2.24) is 9.97 Å². The summed E-state index contributed by atoms with van der Waals surface area (Å²) in [6, 6.07) is 6.46. The minimum absolute atomic E-state index is 0.0581. The minimum Gasteiger partial charge on any atom is -0.478 e. The fourth-order valence-electron chi connectivity index (χ4n) is 2.26. The normalized spacial score (nSPS) is 11.8. The van der Waals surface area contributed by atoms with Gasteiger partial charge < -0.3 is 10.1 Å². The van der Waals surface area contributed by atoms with E-state index in [-0.39, 0.29) is 22.4 Å². The predicted molar refractivity (Wildman–Crippen MR) is 73.4 cm³/mol. The summed E-state index contributed by atoms with van der Waals surface area (Å²) in [5, 5.41) is 8.92. The van der Waals surface area contributed by atoms with Crippen LogP contribution in [0.25, 0.3) is 22.4 Å². The van der Waals surface area contributed by atoms with Crippen LogP contribution in [0, 0.1) is 5.82 Å². The van der Waals surface area contributed by atoms with Gasteiger partial charge in [0.15, 0.2) is 0 Å². The number of rotatable bonds is 2. The van der Waals surface area contributed by atoms with Crippen LogP contribution in [-0.2, 0) is 6.18 Å². The van der Waals surface area contributed by atoms with Crippen molar-refractivity contribution in [2.24, 2.45) is 0 Å². The summed E-state index contributed by atoms with van der Waals surface area (Å²) < 4.78 is 53.1. The molecule has 118 valence electrons. The second kappa shape index (κ2) is 5.08. The predicted octanol–water partition coefficient (Wildman–Crippen LogP) is 4.09. The third kappa shape index (κ3) is 2.63. The van der Waals surface area contributed by atoms with Gasteiger partial charge in [-0.3, -0.25) is 0 Å². The Morgan fingerprint density at radius 1 is 1.17 bits per heavy atom. The first-order valence-corrected chi connectivity index (χ1v) is 6.36. The van der Waals surface area contributed by atoms with Gasteiger partial charge in [-0.25, -0.2) is 14.2 Å². The van der Waals surface area contributed by atoms with Crippen LogP contribution in [0.1, 0.15) is 15.9 Å². The van der Waals surface area contributed by atoms with Gasteiger partial charge in [0.2, 0.25) is 0 Å². The first-order valence-electron chi connectivity index (χ1n) is 6.36. The van der Waals surface area contributed by atoms with E-state index in [1.54, 1.807) is 0 Å². The van der Waals surface area contributed by atoms with Gasteiger partial charge in [0.25, 0.3) is 0 Å². The van der Waals surface area contributed by atoms with Gasteiger partial charge in [0, 0.05) is 0 Å². The van der Waals surface area contributed by atoms with E-state index in [1.165, 1.54) is 18.2 Å². The van der Waals surface area contributed by atoms with Crippen LogP contribution < -0.4 is 0 Å². The van der Waals surface area contributed by atoms with Gasteiger partial charge in [0.1, 0.15) is 11.6 Å². The molecule has 4 nitrogen and oxygen atoms in total. The number of alkyl halides is 3. The molecule has 0 aliphatic rings. The van der Waals surface area contributed by atoms with Gasteiger partial charge in [-0.1, -0.05) is 6.07 Å². The van der Waals surface area contributed by atoms with E-state index in [4.69, 9.17) is 5.11 Å². The summed E-state index contributed by atoms with van der Waals surface area (Å²) in [5.74, 6) is -2.57. The third-order valence-electron chi connectivity index (χ3n) is 3.28. The van der Waals surface area contributed by atoms with E-state index in [1.807, 2.05) is 0 Å². The van der Waals surface area contributed by atoms with E-state index in [0.717, 1.165) is 18.2 Å². The number of H-pyrrole nitrogens is 1. The first-order chi connectivity index (χ1) is 10.8. The zero-order valence-electron chi connectivity index (χ0n) is 11.3. The molecule has 0 saturated heterocycles. The fraction of sp³-hybridized carbons (Fsp3) is 0.0667. The number of carboxylic acid groups (broad SMARTS) is 1. The second-order valence-corrected chi connectivity index (χ2v) is 4.78. The Morgan fingerprint density at radius 3 is 2.57 bits per heavy atom. The number of hydrogen-bond acceptors (Lipinski definition) is 2. The zero-order chi connectivity index (χ0) is 16.8. The average molecular weight is 324 g/mol. The number of aromatic carboxylic acids is 1. The number of aromatic amines is 1. The summed E-state index contributed by atoms with van der Waals surface area (Å²) >= 11 is 0. The van der Waals surface area contributed by atoms with Crippen LogP contribution in [0.15, 0.2) is 36.4 Å². The quantitative estimate of drug-likeness (QED) is 0.698. The van der Waals surface area contributed by atoms with Crippen LogP contribution in [0.4, 0.5) is 17.6 Å². The van der Waals surface area contributed by atoms with Crippen molar-refractivity contribution in [2.75, 3.05) is 0 Å². The number of nitrogens with one attached hydrogen (secondary N) is 1. The molecule has 0 unspecified atom stereocenters. The Morgan fingerprint density at radius 2 is 1.91 bits per heavy atom. The summed E-state index contributed by atoms with van der Waals surface area (Å²) in [5.41, 5.74) is -1.47.